The van der Waals surface area contributed by atoms with Crippen molar-refractivity contribution in [2.75, 3.05) is 17.8 Å². The van der Waals surface area contributed by atoms with Crippen LogP contribution in [0.25, 0.3) is 0 Å². The summed E-state index contributed by atoms with van der Waals surface area (Å²) < 4.78 is 5.17. The summed E-state index contributed by atoms with van der Waals surface area (Å²) in [7, 11) is 1.46. The second-order valence-electron chi connectivity index (χ2n) is 4.71. The number of hydrogen-bond acceptors (Lipinski definition) is 6. The van der Waals surface area contributed by atoms with Crippen LogP contribution in [0.15, 0.2) is 24.3 Å². The molecule has 0 bridgehead atoms. The number of ether oxygens (including phenoxy) is 1. The number of carboxylic acid groups (broad SMARTS) is 1. The Bertz CT molecular complexity index is 607. The van der Waals surface area contributed by atoms with Crippen molar-refractivity contribution in [3.8, 4) is 5.75 Å². The average molecular weight is 324 g/mol. The van der Waals surface area contributed by atoms with Crippen LogP contribution in [0.1, 0.15) is 6.42 Å². The van der Waals surface area contributed by atoms with Gasteiger partial charge in [-0.2, -0.15) is 0 Å². The predicted molar refractivity (Wildman–Crippen MR) is 82.0 cm³/mol. The highest BCUT2D eigenvalue weighted by Crippen LogP contribution is 2.35. The third-order valence-corrected chi connectivity index (χ3v) is 4.55. The third-order valence-electron chi connectivity index (χ3n) is 3.23. The first kappa shape index (κ1) is 16.3. The maximum Gasteiger partial charge on any atom is 0.321 e. The molecule has 0 aliphatic carbocycles. The van der Waals surface area contributed by atoms with Crippen LogP contribution >= 0.6 is 11.8 Å². The number of nitrogens with zero attached hydrogens (tertiary/aromatic N) is 1. The fourth-order valence-corrected chi connectivity index (χ4v) is 3.18. The number of amides is 2. The lowest BCUT2D eigenvalue weighted by molar-refractivity contribution is -0.138. The molecule has 0 aromatic heterocycles. The van der Waals surface area contributed by atoms with E-state index in [1.54, 1.807) is 24.3 Å². The number of imide groups is 1. The van der Waals surface area contributed by atoms with Crippen molar-refractivity contribution in [3.05, 3.63) is 24.3 Å². The zero-order valence-corrected chi connectivity index (χ0v) is 12.7. The Morgan fingerprint density at radius 3 is 2.82 bits per heavy atom. The number of benzene rings is 1. The van der Waals surface area contributed by atoms with E-state index < -0.39 is 17.3 Å². The zero-order valence-electron chi connectivity index (χ0n) is 11.9. The maximum atomic E-state index is 12.4. The van der Waals surface area contributed by atoms with Crippen LogP contribution in [0.3, 0.4) is 0 Å². The van der Waals surface area contributed by atoms with Crippen LogP contribution in [0.4, 0.5) is 5.69 Å². The summed E-state index contributed by atoms with van der Waals surface area (Å²) in [6, 6.07) is 5.68. The fraction of sp³-hybridized carbons (Fsp3) is 0.357. The molecule has 0 spiro atoms. The van der Waals surface area contributed by atoms with Gasteiger partial charge in [0.2, 0.25) is 11.8 Å². The highest BCUT2D eigenvalue weighted by Gasteiger charge is 2.41. The molecule has 1 saturated heterocycles. The number of thioether (sulfide) groups is 1. The summed E-state index contributed by atoms with van der Waals surface area (Å²) in [6.07, 6.45) is 0.0217. The van der Waals surface area contributed by atoms with Crippen molar-refractivity contribution in [1.29, 1.82) is 0 Å². The molecule has 1 fully saturated rings. The fourth-order valence-electron chi connectivity index (χ4n) is 2.09. The molecule has 8 heteroatoms. The molecule has 2 rings (SSSR count). The number of carbonyl (C=O) groups excluding carboxylic acids is 2. The van der Waals surface area contributed by atoms with E-state index in [0.29, 0.717) is 11.4 Å². The Labute approximate surface area is 131 Å². The minimum Gasteiger partial charge on any atom is -0.495 e. The molecular weight excluding hydrogens is 308 g/mol. The van der Waals surface area contributed by atoms with E-state index in [-0.39, 0.29) is 24.0 Å². The van der Waals surface area contributed by atoms with Crippen LogP contribution in [-0.2, 0) is 14.4 Å². The van der Waals surface area contributed by atoms with Crippen molar-refractivity contribution in [3.63, 3.8) is 0 Å². The Morgan fingerprint density at radius 2 is 2.18 bits per heavy atom. The first-order valence-corrected chi connectivity index (χ1v) is 7.60. The predicted octanol–water partition coefficient (Wildman–Crippen LogP) is 0.472. The lowest BCUT2D eigenvalue weighted by Crippen LogP contribution is -2.35. The maximum absolute atomic E-state index is 12.4. The number of hydrogen-bond donors (Lipinski definition) is 2. The second kappa shape index (κ2) is 6.80. The standard InChI is InChI=1S/C14H16N2O5S/c1-21-10-5-3-2-4-9(10)16-12(17)6-11(13(16)18)22-7-8(15)14(19)20/h2-5,8,11H,6-7,15H2,1H3,(H,19,20)/t8-,11-/m1/s1. The van der Waals surface area contributed by atoms with Crippen molar-refractivity contribution >= 4 is 35.2 Å². The molecule has 1 aliphatic heterocycles. The number of carboxylic acids is 1. The van der Waals surface area contributed by atoms with Gasteiger partial charge in [-0.3, -0.25) is 14.4 Å². The van der Waals surface area contributed by atoms with Crippen LogP contribution in [-0.4, -0.2) is 47.0 Å². The molecule has 7 nitrogen and oxygen atoms in total. The Kier molecular flexibility index (Phi) is 5.04. The number of methoxy groups -OCH3 is 1. The Balaban J connectivity index is 2.14. The summed E-state index contributed by atoms with van der Waals surface area (Å²) >= 11 is 1.09. The van der Waals surface area contributed by atoms with Gasteiger partial charge >= 0.3 is 5.97 Å². The SMILES string of the molecule is COc1ccccc1N1C(=O)C[C@@H](SC[C@@H](N)C(=O)O)C1=O. The molecule has 3 N–H and O–H groups in total. The number of anilines is 1. The van der Waals surface area contributed by atoms with Gasteiger partial charge in [0.25, 0.3) is 0 Å². The van der Waals surface area contributed by atoms with Gasteiger partial charge in [0, 0.05) is 12.2 Å². The van der Waals surface area contributed by atoms with Crippen LogP contribution in [0, 0.1) is 0 Å². The monoisotopic (exact) mass is 324 g/mol. The molecule has 1 aromatic rings. The van der Waals surface area contributed by atoms with Gasteiger partial charge in [-0.1, -0.05) is 12.1 Å². The summed E-state index contributed by atoms with van der Waals surface area (Å²) in [5, 5.41) is 8.13. The van der Waals surface area contributed by atoms with Gasteiger partial charge in [0.05, 0.1) is 18.0 Å². The third kappa shape index (κ3) is 3.23. The minimum atomic E-state index is -1.13. The number of para-hydroxylation sites is 2. The van der Waals surface area contributed by atoms with Gasteiger partial charge in [0.15, 0.2) is 0 Å². The summed E-state index contributed by atoms with van der Waals surface area (Å²) in [5.74, 6) is -1.35. The lowest BCUT2D eigenvalue weighted by Gasteiger charge is -2.18. The first-order valence-electron chi connectivity index (χ1n) is 6.55. The van der Waals surface area contributed by atoms with E-state index in [1.807, 2.05) is 0 Å². The second-order valence-corrected chi connectivity index (χ2v) is 5.95. The van der Waals surface area contributed by atoms with E-state index in [9.17, 15) is 14.4 Å². The smallest absolute Gasteiger partial charge is 0.321 e. The van der Waals surface area contributed by atoms with E-state index in [2.05, 4.69) is 0 Å². The van der Waals surface area contributed by atoms with Crippen molar-refractivity contribution in [2.45, 2.75) is 17.7 Å². The molecule has 22 heavy (non-hydrogen) atoms. The first-order chi connectivity index (χ1) is 10.5. The van der Waals surface area contributed by atoms with Crippen LogP contribution in [0.2, 0.25) is 0 Å². The van der Waals surface area contributed by atoms with E-state index in [1.165, 1.54) is 7.11 Å². The van der Waals surface area contributed by atoms with E-state index in [4.69, 9.17) is 15.6 Å². The molecule has 1 aromatic carbocycles. The van der Waals surface area contributed by atoms with Gasteiger partial charge in [-0.25, -0.2) is 4.90 Å². The molecule has 2 atom stereocenters. The molecular formula is C14H16N2O5S. The highest BCUT2D eigenvalue weighted by atomic mass is 32.2. The van der Waals surface area contributed by atoms with E-state index >= 15 is 0 Å². The summed E-state index contributed by atoms with van der Waals surface area (Å²) in [6.45, 7) is 0. The minimum absolute atomic E-state index is 0.0217. The highest BCUT2D eigenvalue weighted by molar-refractivity contribution is 8.00. The molecule has 0 unspecified atom stereocenters. The average Bonchev–Trinajstić information content (AvgIpc) is 2.78. The molecule has 0 saturated carbocycles. The Morgan fingerprint density at radius 1 is 1.50 bits per heavy atom. The van der Waals surface area contributed by atoms with Crippen molar-refractivity contribution in [2.24, 2.45) is 5.73 Å². The number of aliphatic carboxylic acids is 1. The normalized spacial score (nSPS) is 19.4. The van der Waals surface area contributed by atoms with Crippen LogP contribution in [0.5, 0.6) is 5.75 Å². The quantitative estimate of drug-likeness (QED) is 0.732. The summed E-state index contributed by atoms with van der Waals surface area (Å²) in [5.41, 5.74) is 5.81. The van der Waals surface area contributed by atoms with Crippen LogP contribution < -0.4 is 15.4 Å². The largest absolute Gasteiger partial charge is 0.495 e. The Hall–Kier alpha value is -2.06. The molecule has 118 valence electrons. The number of nitrogens with two attached hydrogens (primary N) is 1. The number of carbonyl (C=O) groups is 3. The number of rotatable bonds is 6. The van der Waals surface area contributed by atoms with Crippen molar-refractivity contribution < 1.29 is 24.2 Å². The molecule has 2 amide bonds. The molecule has 0 radical (unpaired) electrons. The van der Waals surface area contributed by atoms with Gasteiger partial charge in [0.1, 0.15) is 11.8 Å². The van der Waals surface area contributed by atoms with Gasteiger partial charge in [-0.15, -0.1) is 11.8 Å². The molecule has 1 heterocycles. The lowest BCUT2D eigenvalue weighted by atomic mass is 10.2. The van der Waals surface area contributed by atoms with E-state index in [0.717, 1.165) is 16.7 Å². The van der Waals surface area contributed by atoms with Gasteiger partial charge in [-0.05, 0) is 12.1 Å². The summed E-state index contributed by atoms with van der Waals surface area (Å²) in [4.78, 5) is 36.3. The topological polar surface area (TPSA) is 110 Å². The van der Waals surface area contributed by atoms with Crippen molar-refractivity contribution in [1.82, 2.24) is 0 Å². The molecule has 1 aliphatic rings. The van der Waals surface area contributed by atoms with Gasteiger partial charge < -0.3 is 15.6 Å². The zero-order chi connectivity index (χ0) is 16.3.